The molecule has 5 heteroatoms. The van der Waals surface area contributed by atoms with E-state index in [9.17, 15) is 5.11 Å². The van der Waals surface area contributed by atoms with E-state index in [1.54, 1.807) is 7.11 Å². The minimum atomic E-state index is 0.00522. The van der Waals surface area contributed by atoms with Crippen molar-refractivity contribution in [3.8, 4) is 5.75 Å². The van der Waals surface area contributed by atoms with Gasteiger partial charge in [0, 0.05) is 39.3 Å². The molecule has 1 aromatic rings. The van der Waals surface area contributed by atoms with Gasteiger partial charge >= 0.3 is 0 Å². The van der Waals surface area contributed by atoms with Gasteiger partial charge in [0.05, 0.1) is 32.3 Å². The number of methoxy groups -OCH3 is 1. The van der Waals surface area contributed by atoms with Gasteiger partial charge in [0.2, 0.25) is 0 Å². The molecule has 0 spiro atoms. The van der Waals surface area contributed by atoms with Gasteiger partial charge in [0.15, 0.2) is 0 Å². The van der Waals surface area contributed by atoms with E-state index >= 15 is 0 Å². The number of hydrogen-bond acceptors (Lipinski definition) is 5. The van der Waals surface area contributed by atoms with Crippen LogP contribution in [0.1, 0.15) is 5.56 Å². The van der Waals surface area contributed by atoms with E-state index in [4.69, 9.17) is 9.47 Å². The highest BCUT2D eigenvalue weighted by Crippen LogP contribution is 2.28. The Bertz CT molecular complexity index is 474. The first-order chi connectivity index (χ1) is 11.2. The van der Waals surface area contributed by atoms with Crippen LogP contribution >= 0.6 is 0 Å². The first kappa shape index (κ1) is 16.7. The third-order valence-corrected chi connectivity index (χ3v) is 5.05. The SMILES string of the molecule is COc1ccc(CCN2CCN(CC3(CO)COC3)CC2)cc1. The third-order valence-electron chi connectivity index (χ3n) is 5.05. The average molecular weight is 320 g/mol. The molecule has 2 aliphatic heterocycles. The monoisotopic (exact) mass is 320 g/mol. The molecule has 0 atom stereocenters. The normalized spacial score (nSPS) is 21.8. The summed E-state index contributed by atoms with van der Waals surface area (Å²) in [6.45, 7) is 8.13. The predicted octanol–water partition coefficient (Wildman–Crippen LogP) is 0.864. The van der Waals surface area contributed by atoms with E-state index in [0.717, 1.165) is 51.4 Å². The lowest BCUT2D eigenvalue weighted by Gasteiger charge is -2.45. The molecule has 0 radical (unpaired) electrons. The van der Waals surface area contributed by atoms with E-state index < -0.39 is 0 Å². The molecule has 1 N–H and O–H groups in total. The summed E-state index contributed by atoms with van der Waals surface area (Å²) in [5.74, 6) is 0.917. The van der Waals surface area contributed by atoms with Crippen LogP contribution in [0.2, 0.25) is 0 Å². The zero-order valence-corrected chi connectivity index (χ0v) is 14.0. The predicted molar refractivity (Wildman–Crippen MR) is 89.9 cm³/mol. The van der Waals surface area contributed by atoms with Crippen LogP contribution in [0.25, 0.3) is 0 Å². The first-order valence-electron chi connectivity index (χ1n) is 8.49. The molecule has 1 aromatic carbocycles. The van der Waals surface area contributed by atoms with Crippen LogP contribution in [-0.4, -0.2) is 81.1 Å². The number of hydrogen-bond donors (Lipinski definition) is 1. The minimum absolute atomic E-state index is 0.00522. The van der Waals surface area contributed by atoms with Crippen molar-refractivity contribution in [2.75, 3.05) is 66.2 Å². The number of rotatable bonds is 7. The number of aliphatic hydroxyl groups is 1. The van der Waals surface area contributed by atoms with Gasteiger partial charge in [-0.3, -0.25) is 4.90 Å². The van der Waals surface area contributed by atoms with Crippen LogP contribution in [0, 0.1) is 5.41 Å². The summed E-state index contributed by atoms with van der Waals surface area (Å²) >= 11 is 0. The summed E-state index contributed by atoms with van der Waals surface area (Å²) < 4.78 is 10.5. The second kappa shape index (κ2) is 7.62. The largest absolute Gasteiger partial charge is 0.497 e. The van der Waals surface area contributed by atoms with Crippen LogP contribution in [0.4, 0.5) is 0 Å². The summed E-state index contributed by atoms with van der Waals surface area (Å²) in [4.78, 5) is 5.01. The van der Waals surface area contributed by atoms with Crippen LogP contribution in [0.3, 0.4) is 0 Å². The lowest BCUT2D eigenvalue weighted by molar-refractivity contribution is -0.150. The van der Waals surface area contributed by atoms with Crippen molar-refractivity contribution in [2.45, 2.75) is 6.42 Å². The maximum atomic E-state index is 9.54. The van der Waals surface area contributed by atoms with E-state index in [-0.39, 0.29) is 12.0 Å². The van der Waals surface area contributed by atoms with Crippen molar-refractivity contribution in [1.29, 1.82) is 0 Å². The molecular weight excluding hydrogens is 292 g/mol. The van der Waals surface area contributed by atoms with Gasteiger partial charge in [-0.15, -0.1) is 0 Å². The maximum Gasteiger partial charge on any atom is 0.118 e. The molecule has 0 unspecified atom stereocenters. The molecule has 0 saturated carbocycles. The number of ether oxygens (including phenoxy) is 2. The number of nitrogens with zero attached hydrogens (tertiary/aromatic N) is 2. The molecular formula is C18H28N2O3. The van der Waals surface area contributed by atoms with Gasteiger partial charge in [-0.25, -0.2) is 0 Å². The Labute approximate surface area is 138 Å². The van der Waals surface area contributed by atoms with E-state index in [1.165, 1.54) is 5.56 Å². The van der Waals surface area contributed by atoms with Gasteiger partial charge in [0.25, 0.3) is 0 Å². The maximum absolute atomic E-state index is 9.54. The Morgan fingerprint density at radius 1 is 1.09 bits per heavy atom. The zero-order chi connectivity index (χ0) is 16.1. The molecule has 0 amide bonds. The standard InChI is InChI=1S/C18H28N2O3/c1-22-17-4-2-16(3-5-17)6-7-19-8-10-20(11-9-19)12-18(13-21)14-23-15-18/h2-5,21H,6-15H2,1H3. The highest BCUT2D eigenvalue weighted by Gasteiger charge is 2.40. The van der Waals surface area contributed by atoms with Crippen molar-refractivity contribution < 1.29 is 14.6 Å². The quantitative estimate of drug-likeness (QED) is 0.807. The fourth-order valence-electron chi connectivity index (χ4n) is 3.35. The second-order valence-electron chi connectivity index (χ2n) is 6.87. The molecule has 2 heterocycles. The fourth-order valence-corrected chi connectivity index (χ4v) is 3.35. The molecule has 2 aliphatic rings. The summed E-state index contributed by atoms with van der Waals surface area (Å²) in [5, 5.41) is 9.54. The van der Waals surface area contributed by atoms with E-state index in [2.05, 4.69) is 21.9 Å². The first-order valence-corrected chi connectivity index (χ1v) is 8.49. The average Bonchev–Trinajstić information content (AvgIpc) is 2.58. The molecule has 3 rings (SSSR count). The lowest BCUT2D eigenvalue weighted by atomic mass is 9.86. The summed E-state index contributed by atoms with van der Waals surface area (Å²) in [6.07, 6.45) is 1.08. The smallest absolute Gasteiger partial charge is 0.118 e. The number of piperazine rings is 1. The molecule has 23 heavy (non-hydrogen) atoms. The van der Waals surface area contributed by atoms with Crippen LogP contribution in [-0.2, 0) is 11.2 Å². The van der Waals surface area contributed by atoms with Gasteiger partial charge in [-0.2, -0.15) is 0 Å². The Morgan fingerprint density at radius 3 is 2.26 bits per heavy atom. The van der Waals surface area contributed by atoms with Gasteiger partial charge in [-0.1, -0.05) is 12.1 Å². The Balaban J connectivity index is 1.38. The highest BCUT2D eigenvalue weighted by atomic mass is 16.5. The Kier molecular flexibility index (Phi) is 5.54. The molecule has 5 nitrogen and oxygen atoms in total. The highest BCUT2D eigenvalue weighted by molar-refractivity contribution is 5.27. The number of benzene rings is 1. The summed E-state index contributed by atoms with van der Waals surface area (Å²) in [5.41, 5.74) is 1.37. The van der Waals surface area contributed by atoms with E-state index in [0.29, 0.717) is 13.2 Å². The summed E-state index contributed by atoms with van der Waals surface area (Å²) in [7, 11) is 1.70. The van der Waals surface area contributed by atoms with Crippen LogP contribution in [0.15, 0.2) is 24.3 Å². The van der Waals surface area contributed by atoms with Gasteiger partial charge in [0.1, 0.15) is 5.75 Å². The molecule has 0 aliphatic carbocycles. The lowest BCUT2D eigenvalue weighted by Crippen LogP contribution is -2.57. The van der Waals surface area contributed by atoms with Crippen molar-refractivity contribution in [1.82, 2.24) is 9.80 Å². The Hall–Kier alpha value is -1.14. The third kappa shape index (κ3) is 4.23. The topological polar surface area (TPSA) is 45.2 Å². The molecule has 128 valence electrons. The molecule has 2 fully saturated rings. The van der Waals surface area contributed by atoms with Gasteiger partial charge in [-0.05, 0) is 24.1 Å². The van der Waals surface area contributed by atoms with Crippen LogP contribution < -0.4 is 4.74 Å². The van der Waals surface area contributed by atoms with Crippen molar-refractivity contribution in [3.05, 3.63) is 29.8 Å². The van der Waals surface area contributed by atoms with Crippen molar-refractivity contribution in [2.24, 2.45) is 5.41 Å². The number of aliphatic hydroxyl groups excluding tert-OH is 1. The zero-order valence-electron chi connectivity index (χ0n) is 14.0. The summed E-state index contributed by atoms with van der Waals surface area (Å²) in [6, 6.07) is 8.36. The minimum Gasteiger partial charge on any atom is -0.497 e. The fraction of sp³-hybridized carbons (Fsp3) is 0.667. The molecule has 2 saturated heterocycles. The second-order valence-corrected chi connectivity index (χ2v) is 6.87. The van der Waals surface area contributed by atoms with Crippen molar-refractivity contribution >= 4 is 0 Å². The van der Waals surface area contributed by atoms with Crippen molar-refractivity contribution in [3.63, 3.8) is 0 Å². The Morgan fingerprint density at radius 2 is 1.74 bits per heavy atom. The van der Waals surface area contributed by atoms with Crippen LogP contribution in [0.5, 0.6) is 5.75 Å². The van der Waals surface area contributed by atoms with E-state index in [1.807, 2.05) is 12.1 Å². The molecule has 0 aromatic heterocycles. The molecule has 0 bridgehead atoms. The van der Waals surface area contributed by atoms with Gasteiger partial charge < -0.3 is 19.5 Å².